The van der Waals surface area contributed by atoms with Crippen molar-refractivity contribution in [3.05, 3.63) is 11.8 Å². The minimum absolute atomic E-state index is 0.109. The summed E-state index contributed by atoms with van der Waals surface area (Å²) < 4.78 is 0.442. The number of halogens is 1. The van der Waals surface area contributed by atoms with Gasteiger partial charge in [0, 0.05) is 12.1 Å². The fourth-order valence-electron chi connectivity index (χ4n) is 0.474. The predicted molar refractivity (Wildman–Crippen MR) is 51.4 cm³/mol. The molecule has 0 spiro atoms. The molecule has 0 amide bonds. The van der Waals surface area contributed by atoms with Crippen molar-refractivity contribution in [3.8, 4) is 0 Å². The number of hydrogen-bond acceptors (Lipinski definition) is 3. The maximum absolute atomic E-state index is 10.3. The molecule has 12 heavy (non-hydrogen) atoms. The molecule has 0 radical (unpaired) electrons. The molecule has 5 heteroatoms. The second-order valence-electron chi connectivity index (χ2n) is 2.45. The molecule has 68 valence electrons. The third-order valence-electron chi connectivity index (χ3n) is 0.903. The lowest BCUT2D eigenvalue weighted by Crippen LogP contribution is -2.11. The molecule has 0 aromatic heterocycles. The Bertz CT molecular complexity index is 234. The molecule has 0 unspecified atom stereocenters. The van der Waals surface area contributed by atoms with Gasteiger partial charge < -0.3 is 10.8 Å². The lowest BCUT2D eigenvalue weighted by atomic mass is 10.4. The second kappa shape index (κ2) is 4.92. The molecule has 0 aliphatic heterocycles. The van der Waals surface area contributed by atoms with Gasteiger partial charge in [0.15, 0.2) is 0 Å². The smallest absolute Gasteiger partial charge is 0.351 e. The molecule has 0 saturated carbocycles. The minimum atomic E-state index is -1.15. The highest BCUT2D eigenvalue weighted by molar-refractivity contribution is 9.18. The Labute approximate surface area is 79.3 Å². The van der Waals surface area contributed by atoms with E-state index in [4.69, 9.17) is 10.8 Å². The molecule has 0 heterocycles. The zero-order chi connectivity index (χ0) is 9.72. The zero-order valence-corrected chi connectivity index (χ0v) is 8.50. The number of rotatable bonds is 3. The molecule has 0 saturated heterocycles. The largest absolute Gasteiger partial charge is 0.477 e. The molecule has 0 aromatic rings. The first-order valence-corrected chi connectivity index (χ1v) is 4.16. The summed E-state index contributed by atoms with van der Waals surface area (Å²) in [6, 6.07) is 0.109. The second-order valence-corrected chi connectivity index (χ2v) is 3.26. The average Bonchev–Trinajstić information content (AvgIpc) is 1.84. The molecular formula is C7H11BrN2O2. The van der Waals surface area contributed by atoms with Crippen LogP contribution in [-0.2, 0) is 4.79 Å². The zero-order valence-electron chi connectivity index (χ0n) is 6.91. The third kappa shape index (κ3) is 4.90. The number of carbonyl (C=O) groups is 1. The van der Waals surface area contributed by atoms with Crippen molar-refractivity contribution >= 4 is 26.5 Å². The molecule has 0 aliphatic rings. The standard InChI is InChI=1S/C7H11BrN2O2/c1-4(2)10-6(8)3-5(9)7(11)12/h3-4H,9H2,1-2H3,(H,11,12). The predicted octanol–water partition coefficient (Wildman–Crippen LogP) is 1.12. The van der Waals surface area contributed by atoms with E-state index < -0.39 is 5.97 Å². The van der Waals surface area contributed by atoms with Crippen LogP contribution in [0.15, 0.2) is 16.8 Å². The van der Waals surface area contributed by atoms with Gasteiger partial charge in [-0.1, -0.05) is 0 Å². The van der Waals surface area contributed by atoms with Gasteiger partial charge in [0.25, 0.3) is 0 Å². The van der Waals surface area contributed by atoms with Crippen LogP contribution < -0.4 is 5.73 Å². The minimum Gasteiger partial charge on any atom is -0.477 e. The van der Waals surface area contributed by atoms with E-state index in [1.165, 1.54) is 6.08 Å². The molecule has 0 atom stereocenters. The molecular weight excluding hydrogens is 224 g/mol. The first-order valence-electron chi connectivity index (χ1n) is 3.37. The molecule has 3 N–H and O–H groups in total. The van der Waals surface area contributed by atoms with E-state index in [1.807, 2.05) is 13.8 Å². The maximum Gasteiger partial charge on any atom is 0.351 e. The Balaban J connectivity index is 4.43. The van der Waals surface area contributed by atoms with Crippen LogP contribution >= 0.6 is 15.9 Å². The summed E-state index contributed by atoms with van der Waals surface area (Å²) in [5.41, 5.74) is 4.91. The molecule has 0 bridgehead atoms. The number of hydrogen-bond donors (Lipinski definition) is 2. The van der Waals surface area contributed by atoms with Gasteiger partial charge in [0.2, 0.25) is 0 Å². The van der Waals surface area contributed by atoms with Crippen molar-refractivity contribution in [3.63, 3.8) is 0 Å². The van der Waals surface area contributed by atoms with E-state index in [0.29, 0.717) is 4.62 Å². The number of allylic oxidation sites excluding steroid dienone is 1. The SMILES string of the molecule is CC(C)N=C(Br)C=C(N)C(=O)O. The summed E-state index contributed by atoms with van der Waals surface area (Å²) in [6.45, 7) is 3.76. The average molecular weight is 235 g/mol. The lowest BCUT2D eigenvalue weighted by molar-refractivity contribution is -0.132. The topological polar surface area (TPSA) is 75.7 Å². The summed E-state index contributed by atoms with van der Waals surface area (Å²) in [6.07, 6.45) is 1.27. The van der Waals surface area contributed by atoms with Crippen molar-refractivity contribution in [2.45, 2.75) is 19.9 Å². The summed E-state index contributed by atoms with van der Waals surface area (Å²) in [5, 5.41) is 8.40. The van der Waals surface area contributed by atoms with Gasteiger partial charge in [0.1, 0.15) is 10.3 Å². The van der Waals surface area contributed by atoms with Crippen LogP contribution in [0.25, 0.3) is 0 Å². The normalized spacial score (nSPS) is 13.7. The van der Waals surface area contributed by atoms with Crippen LogP contribution in [0.3, 0.4) is 0 Å². The number of nitrogens with two attached hydrogens (primary N) is 1. The van der Waals surface area contributed by atoms with Crippen molar-refractivity contribution in [2.24, 2.45) is 10.7 Å². The number of nitrogens with zero attached hydrogens (tertiary/aromatic N) is 1. The van der Waals surface area contributed by atoms with Gasteiger partial charge in [-0.2, -0.15) is 0 Å². The van der Waals surface area contributed by atoms with E-state index in [1.54, 1.807) is 0 Å². The van der Waals surface area contributed by atoms with Gasteiger partial charge in [-0.3, -0.25) is 4.99 Å². The molecule has 0 fully saturated rings. The van der Waals surface area contributed by atoms with Gasteiger partial charge in [-0.05, 0) is 29.8 Å². The Morgan fingerprint density at radius 3 is 2.50 bits per heavy atom. The van der Waals surface area contributed by atoms with E-state index in [0.717, 1.165) is 0 Å². The number of aliphatic carboxylic acids is 1. The molecule has 4 nitrogen and oxygen atoms in total. The Morgan fingerprint density at radius 2 is 2.17 bits per heavy atom. The van der Waals surface area contributed by atoms with Gasteiger partial charge in [-0.25, -0.2) is 4.79 Å². The van der Waals surface area contributed by atoms with Crippen LogP contribution in [0.4, 0.5) is 0 Å². The highest BCUT2D eigenvalue weighted by Gasteiger charge is 2.01. The summed E-state index contributed by atoms with van der Waals surface area (Å²) in [4.78, 5) is 14.3. The van der Waals surface area contributed by atoms with Crippen molar-refractivity contribution < 1.29 is 9.90 Å². The fourth-order valence-corrected chi connectivity index (χ4v) is 1.13. The Hall–Kier alpha value is -0.840. The van der Waals surface area contributed by atoms with E-state index >= 15 is 0 Å². The maximum atomic E-state index is 10.3. The van der Waals surface area contributed by atoms with Crippen LogP contribution in [0.5, 0.6) is 0 Å². The lowest BCUT2D eigenvalue weighted by Gasteiger charge is -1.96. The summed E-state index contributed by atoms with van der Waals surface area (Å²) >= 11 is 3.08. The van der Waals surface area contributed by atoms with Gasteiger partial charge in [0.05, 0.1) is 0 Å². The van der Waals surface area contributed by atoms with Crippen molar-refractivity contribution in [1.82, 2.24) is 0 Å². The first kappa shape index (κ1) is 11.2. The van der Waals surface area contributed by atoms with Crippen LogP contribution in [0, 0.1) is 0 Å². The van der Waals surface area contributed by atoms with Gasteiger partial charge >= 0.3 is 5.97 Å². The van der Waals surface area contributed by atoms with Crippen molar-refractivity contribution in [1.29, 1.82) is 0 Å². The Kier molecular flexibility index (Phi) is 4.58. The van der Waals surface area contributed by atoms with Crippen LogP contribution in [-0.4, -0.2) is 21.7 Å². The van der Waals surface area contributed by atoms with E-state index in [-0.39, 0.29) is 11.7 Å². The highest BCUT2D eigenvalue weighted by atomic mass is 79.9. The van der Waals surface area contributed by atoms with E-state index in [2.05, 4.69) is 20.9 Å². The molecule has 0 aliphatic carbocycles. The number of carboxylic acid groups (broad SMARTS) is 1. The van der Waals surface area contributed by atoms with E-state index in [9.17, 15) is 4.79 Å². The first-order chi connectivity index (χ1) is 5.43. The van der Waals surface area contributed by atoms with Crippen LogP contribution in [0.1, 0.15) is 13.8 Å². The summed E-state index contributed by atoms with van der Waals surface area (Å²) in [7, 11) is 0. The molecule has 0 rings (SSSR count). The summed E-state index contributed by atoms with van der Waals surface area (Å²) in [5.74, 6) is -1.15. The third-order valence-corrected chi connectivity index (χ3v) is 1.34. The number of aliphatic imine (C=N–C) groups is 1. The van der Waals surface area contributed by atoms with Gasteiger partial charge in [-0.15, -0.1) is 0 Å². The van der Waals surface area contributed by atoms with Crippen LogP contribution in [0.2, 0.25) is 0 Å². The number of carboxylic acids is 1. The van der Waals surface area contributed by atoms with Crippen molar-refractivity contribution in [2.75, 3.05) is 0 Å². The fraction of sp³-hybridized carbons (Fsp3) is 0.429. The molecule has 0 aromatic carbocycles. The quantitative estimate of drug-likeness (QED) is 0.568. The Morgan fingerprint density at radius 1 is 1.67 bits per heavy atom. The monoisotopic (exact) mass is 234 g/mol. The highest BCUT2D eigenvalue weighted by Crippen LogP contribution is 1.99.